The van der Waals surface area contributed by atoms with Crippen molar-refractivity contribution in [2.75, 3.05) is 0 Å². The van der Waals surface area contributed by atoms with E-state index >= 15 is 0 Å². The molecular formula is C11H8N4. The lowest BCUT2D eigenvalue weighted by molar-refractivity contribution is 0.942. The quantitative estimate of drug-likeness (QED) is 0.647. The number of aromatic nitrogens is 4. The van der Waals surface area contributed by atoms with Gasteiger partial charge in [-0.2, -0.15) is 15.4 Å². The molecule has 0 saturated heterocycles. The summed E-state index contributed by atoms with van der Waals surface area (Å²) in [5, 5.41) is 12.7. The van der Waals surface area contributed by atoms with Gasteiger partial charge in [-0.05, 0) is 17.5 Å². The van der Waals surface area contributed by atoms with Crippen molar-refractivity contribution >= 4 is 10.8 Å². The zero-order valence-electron chi connectivity index (χ0n) is 7.88. The van der Waals surface area contributed by atoms with Crippen molar-refractivity contribution in [3.63, 3.8) is 0 Å². The average Bonchev–Trinajstić information content (AvgIpc) is 2.82. The largest absolute Gasteiger partial charge is 0.264 e. The van der Waals surface area contributed by atoms with Crippen LogP contribution >= 0.6 is 0 Å². The molecule has 0 amide bonds. The fourth-order valence-corrected chi connectivity index (χ4v) is 1.58. The van der Waals surface area contributed by atoms with E-state index in [1.807, 2.05) is 24.4 Å². The molecule has 15 heavy (non-hydrogen) atoms. The predicted octanol–water partition coefficient (Wildman–Crippen LogP) is 2.02. The number of H-pyrrole nitrogens is 1. The molecule has 3 rings (SSSR count). The lowest BCUT2D eigenvalue weighted by Gasteiger charge is -1.99. The van der Waals surface area contributed by atoms with E-state index in [4.69, 9.17) is 0 Å². The van der Waals surface area contributed by atoms with Crippen molar-refractivity contribution in [1.82, 2.24) is 20.4 Å². The smallest absolute Gasteiger partial charge is 0.112 e. The van der Waals surface area contributed by atoms with Crippen LogP contribution in [0.2, 0.25) is 0 Å². The Labute approximate surface area is 86.0 Å². The van der Waals surface area contributed by atoms with Gasteiger partial charge in [0.2, 0.25) is 0 Å². The zero-order chi connectivity index (χ0) is 10.1. The highest BCUT2D eigenvalue weighted by Gasteiger charge is 2.01. The fourth-order valence-electron chi connectivity index (χ4n) is 1.58. The second-order valence-electron chi connectivity index (χ2n) is 3.29. The van der Waals surface area contributed by atoms with Gasteiger partial charge in [-0.1, -0.05) is 12.1 Å². The summed E-state index contributed by atoms with van der Waals surface area (Å²) < 4.78 is 0. The normalized spacial score (nSPS) is 10.7. The van der Waals surface area contributed by atoms with Gasteiger partial charge in [-0.25, -0.2) is 0 Å². The third-order valence-corrected chi connectivity index (χ3v) is 2.35. The van der Waals surface area contributed by atoms with Crippen molar-refractivity contribution in [3.8, 4) is 11.3 Å². The number of nitrogens with zero attached hydrogens (tertiary/aromatic N) is 3. The molecule has 0 radical (unpaired) electrons. The van der Waals surface area contributed by atoms with Crippen molar-refractivity contribution in [1.29, 1.82) is 0 Å². The van der Waals surface area contributed by atoms with Crippen LogP contribution in [0.5, 0.6) is 0 Å². The van der Waals surface area contributed by atoms with Gasteiger partial charge in [0.1, 0.15) is 5.69 Å². The molecule has 0 aliphatic rings. The molecule has 0 spiro atoms. The Hall–Kier alpha value is -2.23. The molecule has 3 aromatic rings. The Morgan fingerprint density at radius 3 is 2.87 bits per heavy atom. The second kappa shape index (κ2) is 3.16. The first kappa shape index (κ1) is 8.11. The molecule has 0 atom stereocenters. The van der Waals surface area contributed by atoms with Crippen LogP contribution in [0.25, 0.3) is 22.0 Å². The minimum atomic E-state index is 0.855. The molecule has 72 valence electrons. The number of hydrogen-bond donors (Lipinski definition) is 1. The Kier molecular flexibility index (Phi) is 1.71. The molecule has 4 heteroatoms. The van der Waals surface area contributed by atoms with Crippen molar-refractivity contribution in [2.24, 2.45) is 0 Å². The number of fused-ring (bicyclic) bond motifs is 1. The Morgan fingerprint density at radius 1 is 1.00 bits per heavy atom. The van der Waals surface area contributed by atoms with E-state index in [1.165, 1.54) is 0 Å². The average molecular weight is 196 g/mol. The van der Waals surface area contributed by atoms with Gasteiger partial charge in [0.05, 0.1) is 6.20 Å². The number of benzene rings is 1. The topological polar surface area (TPSA) is 54.5 Å². The van der Waals surface area contributed by atoms with Crippen LogP contribution in [0.1, 0.15) is 0 Å². The maximum absolute atomic E-state index is 4.07. The first-order valence-electron chi connectivity index (χ1n) is 4.63. The Bertz CT molecular complexity index is 586. The Morgan fingerprint density at radius 2 is 2.00 bits per heavy atom. The van der Waals surface area contributed by atoms with Crippen molar-refractivity contribution < 1.29 is 0 Å². The highest BCUT2D eigenvalue weighted by Crippen LogP contribution is 2.21. The van der Waals surface area contributed by atoms with E-state index in [2.05, 4.69) is 26.5 Å². The van der Waals surface area contributed by atoms with E-state index in [0.29, 0.717) is 0 Å². The highest BCUT2D eigenvalue weighted by atomic mass is 15.3. The molecule has 0 aliphatic heterocycles. The monoisotopic (exact) mass is 196 g/mol. The number of aromatic amines is 1. The highest BCUT2D eigenvalue weighted by molar-refractivity contribution is 5.85. The van der Waals surface area contributed by atoms with E-state index < -0.39 is 0 Å². The van der Waals surface area contributed by atoms with Crippen molar-refractivity contribution in [2.45, 2.75) is 0 Å². The summed E-state index contributed by atoms with van der Waals surface area (Å²) in [6, 6.07) is 8.11. The van der Waals surface area contributed by atoms with E-state index in [0.717, 1.165) is 22.0 Å². The molecule has 0 fully saturated rings. The molecule has 2 heterocycles. The van der Waals surface area contributed by atoms with Gasteiger partial charge in [0.25, 0.3) is 0 Å². The SMILES string of the molecule is c1cc2cc(-c3cn[nH]n3)ccc2cn1. The summed E-state index contributed by atoms with van der Waals surface area (Å²) >= 11 is 0. The molecule has 4 nitrogen and oxygen atoms in total. The van der Waals surface area contributed by atoms with Crippen LogP contribution in [0.4, 0.5) is 0 Å². The van der Waals surface area contributed by atoms with Gasteiger partial charge in [0.15, 0.2) is 0 Å². The zero-order valence-corrected chi connectivity index (χ0v) is 7.88. The molecule has 0 bridgehead atoms. The lowest BCUT2D eigenvalue weighted by atomic mass is 10.1. The second-order valence-corrected chi connectivity index (χ2v) is 3.29. The molecule has 1 N–H and O–H groups in total. The predicted molar refractivity (Wildman–Crippen MR) is 57.1 cm³/mol. The van der Waals surface area contributed by atoms with Crippen molar-refractivity contribution in [3.05, 3.63) is 42.9 Å². The minimum Gasteiger partial charge on any atom is -0.264 e. The number of rotatable bonds is 1. The summed E-state index contributed by atoms with van der Waals surface area (Å²) in [6.07, 6.45) is 5.35. The van der Waals surface area contributed by atoms with E-state index in [1.54, 1.807) is 12.4 Å². The summed E-state index contributed by atoms with van der Waals surface area (Å²) in [7, 11) is 0. The fraction of sp³-hybridized carbons (Fsp3) is 0. The first-order valence-corrected chi connectivity index (χ1v) is 4.63. The van der Waals surface area contributed by atoms with E-state index in [-0.39, 0.29) is 0 Å². The molecule has 0 aliphatic carbocycles. The standard InChI is InChI=1S/C11H8N4/c1-2-10-6-12-4-3-8(10)5-9(1)11-7-13-15-14-11/h1-7H,(H,13,14,15). The number of pyridine rings is 1. The number of nitrogens with one attached hydrogen (secondary N) is 1. The number of hydrogen-bond acceptors (Lipinski definition) is 3. The maximum Gasteiger partial charge on any atom is 0.112 e. The summed E-state index contributed by atoms with van der Waals surface area (Å²) in [5.74, 6) is 0. The first-order chi connectivity index (χ1) is 7.43. The minimum absolute atomic E-state index is 0.855. The van der Waals surface area contributed by atoms with Gasteiger partial charge in [0, 0.05) is 23.3 Å². The van der Waals surface area contributed by atoms with Gasteiger partial charge in [-0.3, -0.25) is 4.98 Å². The molecule has 2 aromatic heterocycles. The summed E-state index contributed by atoms with van der Waals surface area (Å²) in [4.78, 5) is 4.07. The van der Waals surface area contributed by atoms with Crippen LogP contribution in [-0.4, -0.2) is 20.4 Å². The van der Waals surface area contributed by atoms with Crippen LogP contribution in [0.15, 0.2) is 42.9 Å². The summed E-state index contributed by atoms with van der Waals surface area (Å²) in [5.41, 5.74) is 1.91. The van der Waals surface area contributed by atoms with Gasteiger partial charge < -0.3 is 0 Å². The summed E-state index contributed by atoms with van der Waals surface area (Å²) in [6.45, 7) is 0. The lowest BCUT2D eigenvalue weighted by Crippen LogP contribution is -1.80. The van der Waals surface area contributed by atoms with Crippen LogP contribution in [0, 0.1) is 0 Å². The van der Waals surface area contributed by atoms with Gasteiger partial charge >= 0.3 is 0 Å². The van der Waals surface area contributed by atoms with Crippen LogP contribution < -0.4 is 0 Å². The molecule has 0 saturated carbocycles. The van der Waals surface area contributed by atoms with Crippen LogP contribution in [-0.2, 0) is 0 Å². The van der Waals surface area contributed by atoms with E-state index in [9.17, 15) is 0 Å². The molecular weight excluding hydrogens is 188 g/mol. The molecule has 0 unspecified atom stereocenters. The third-order valence-electron chi connectivity index (χ3n) is 2.35. The van der Waals surface area contributed by atoms with Gasteiger partial charge in [-0.15, -0.1) is 0 Å². The molecule has 1 aromatic carbocycles. The Balaban J connectivity index is 2.22. The maximum atomic E-state index is 4.07. The van der Waals surface area contributed by atoms with Crippen LogP contribution in [0.3, 0.4) is 0 Å². The third kappa shape index (κ3) is 1.36.